The minimum Gasteiger partial charge on any atom is -0.456 e. The first-order valence-corrected chi connectivity index (χ1v) is 9.79. The summed E-state index contributed by atoms with van der Waals surface area (Å²) in [6.45, 7) is 5.93. The highest BCUT2D eigenvalue weighted by Gasteiger charge is 2.15. The number of halogens is 1. The first-order chi connectivity index (χ1) is 13.1. The summed E-state index contributed by atoms with van der Waals surface area (Å²) in [4.78, 5) is 35.8. The van der Waals surface area contributed by atoms with Gasteiger partial charge in [-0.15, -0.1) is 0 Å². The molecule has 2 aromatic carbocycles. The Morgan fingerprint density at radius 2 is 1.54 bits per heavy atom. The molecule has 1 N–H and O–H groups in total. The van der Waals surface area contributed by atoms with Gasteiger partial charge in [0, 0.05) is 22.1 Å². The summed E-state index contributed by atoms with van der Waals surface area (Å²) < 4.78 is 5.84. The van der Waals surface area contributed by atoms with Gasteiger partial charge in [-0.2, -0.15) is 0 Å². The number of nitrogens with one attached hydrogen (secondary N) is 1. The number of ether oxygens (including phenoxy) is 1. The standard InChI is InChI=1S/C22H24BrNO4/c1-22(2,3)16-6-4-15(5-7-16)19(25)12-13-21(27)28-14-20(26)24-18-10-8-17(23)9-11-18/h4-11H,12-14H2,1-3H3,(H,24,26). The monoisotopic (exact) mass is 445 g/mol. The van der Waals surface area contributed by atoms with Crippen LogP contribution in [0.25, 0.3) is 0 Å². The molecule has 0 aliphatic rings. The van der Waals surface area contributed by atoms with Gasteiger partial charge in [0.25, 0.3) is 5.91 Å². The molecule has 0 aliphatic carbocycles. The Kier molecular flexibility index (Phi) is 7.52. The number of rotatable bonds is 7. The molecule has 0 aromatic heterocycles. The maximum absolute atomic E-state index is 12.2. The number of Topliss-reactive ketones (excluding diaryl/α,β-unsaturated/α-hetero) is 1. The molecule has 2 rings (SSSR count). The van der Waals surface area contributed by atoms with Gasteiger partial charge >= 0.3 is 5.97 Å². The molecule has 0 aliphatic heterocycles. The van der Waals surface area contributed by atoms with Crippen molar-refractivity contribution in [3.8, 4) is 0 Å². The molecule has 0 bridgehead atoms. The molecule has 28 heavy (non-hydrogen) atoms. The lowest BCUT2D eigenvalue weighted by atomic mass is 9.86. The normalized spacial score (nSPS) is 11.0. The highest BCUT2D eigenvalue weighted by atomic mass is 79.9. The molecule has 0 saturated heterocycles. The third kappa shape index (κ3) is 6.93. The summed E-state index contributed by atoms with van der Waals surface area (Å²) in [5, 5.41) is 2.63. The second kappa shape index (κ2) is 9.64. The van der Waals surface area contributed by atoms with E-state index in [1.165, 1.54) is 0 Å². The number of anilines is 1. The number of carbonyl (C=O) groups is 3. The van der Waals surface area contributed by atoms with Crippen LogP contribution in [0, 0.1) is 0 Å². The SMILES string of the molecule is CC(C)(C)c1ccc(C(=O)CCC(=O)OCC(=O)Nc2ccc(Br)cc2)cc1. The van der Waals surface area contributed by atoms with Crippen LogP contribution >= 0.6 is 15.9 Å². The largest absolute Gasteiger partial charge is 0.456 e. The van der Waals surface area contributed by atoms with E-state index >= 15 is 0 Å². The lowest BCUT2D eigenvalue weighted by Crippen LogP contribution is -2.21. The van der Waals surface area contributed by atoms with Crippen LogP contribution in [-0.2, 0) is 19.7 Å². The third-order valence-corrected chi connectivity index (χ3v) is 4.65. The van der Waals surface area contributed by atoms with Gasteiger partial charge in [-0.05, 0) is 35.2 Å². The van der Waals surface area contributed by atoms with E-state index in [1.54, 1.807) is 36.4 Å². The Morgan fingerprint density at radius 1 is 0.929 bits per heavy atom. The summed E-state index contributed by atoms with van der Waals surface area (Å²) >= 11 is 3.31. The number of amides is 1. The Bertz CT molecular complexity index is 836. The molecule has 0 atom stereocenters. The average Bonchev–Trinajstić information content (AvgIpc) is 2.65. The van der Waals surface area contributed by atoms with Crippen LogP contribution < -0.4 is 5.32 Å². The summed E-state index contributed by atoms with van der Waals surface area (Å²) in [6, 6.07) is 14.5. The molecule has 148 valence electrons. The summed E-state index contributed by atoms with van der Waals surface area (Å²) in [6.07, 6.45) is -0.0204. The van der Waals surface area contributed by atoms with Crippen LogP contribution in [0.4, 0.5) is 5.69 Å². The fraction of sp³-hybridized carbons (Fsp3) is 0.318. The van der Waals surface area contributed by atoms with Crippen molar-refractivity contribution >= 4 is 39.3 Å². The molecule has 1 amide bonds. The number of esters is 1. The van der Waals surface area contributed by atoms with Gasteiger partial charge < -0.3 is 10.1 Å². The topological polar surface area (TPSA) is 72.5 Å². The van der Waals surface area contributed by atoms with E-state index in [9.17, 15) is 14.4 Å². The third-order valence-electron chi connectivity index (χ3n) is 4.12. The molecule has 0 fully saturated rings. The number of hydrogen-bond donors (Lipinski definition) is 1. The van der Waals surface area contributed by atoms with Gasteiger partial charge in [0.15, 0.2) is 12.4 Å². The molecule has 5 nitrogen and oxygen atoms in total. The second-order valence-electron chi connectivity index (χ2n) is 7.47. The second-order valence-corrected chi connectivity index (χ2v) is 8.38. The van der Waals surface area contributed by atoms with E-state index in [4.69, 9.17) is 4.74 Å². The Balaban J connectivity index is 1.74. The van der Waals surface area contributed by atoms with Crippen molar-refractivity contribution in [3.63, 3.8) is 0 Å². The quantitative estimate of drug-likeness (QED) is 0.486. The van der Waals surface area contributed by atoms with Crippen LogP contribution in [0.5, 0.6) is 0 Å². The highest BCUT2D eigenvalue weighted by molar-refractivity contribution is 9.10. The fourth-order valence-electron chi connectivity index (χ4n) is 2.46. The first-order valence-electron chi connectivity index (χ1n) is 9.00. The number of carbonyl (C=O) groups excluding carboxylic acids is 3. The first kappa shape index (κ1) is 21.8. The summed E-state index contributed by atoms with van der Waals surface area (Å²) in [5.74, 6) is -1.14. The van der Waals surface area contributed by atoms with Gasteiger partial charge in [0.1, 0.15) is 0 Å². The van der Waals surface area contributed by atoms with Crippen molar-refractivity contribution in [3.05, 3.63) is 64.1 Å². The zero-order chi connectivity index (χ0) is 20.7. The lowest BCUT2D eigenvalue weighted by molar-refractivity contribution is -0.147. The minimum atomic E-state index is -0.578. The van der Waals surface area contributed by atoms with Crippen molar-refractivity contribution in [2.45, 2.75) is 39.0 Å². The van der Waals surface area contributed by atoms with Crippen LogP contribution in [-0.4, -0.2) is 24.3 Å². The molecule has 2 aromatic rings. The van der Waals surface area contributed by atoms with E-state index in [1.807, 2.05) is 12.1 Å². The zero-order valence-electron chi connectivity index (χ0n) is 16.3. The van der Waals surface area contributed by atoms with E-state index in [-0.39, 0.29) is 30.6 Å². The number of benzene rings is 2. The molecule has 0 radical (unpaired) electrons. The van der Waals surface area contributed by atoms with Crippen molar-refractivity contribution in [1.82, 2.24) is 0 Å². The van der Waals surface area contributed by atoms with Gasteiger partial charge in [-0.3, -0.25) is 14.4 Å². The molecule has 0 unspecified atom stereocenters. The lowest BCUT2D eigenvalue weighted by Gasteiger charge is -2.18. The Labute approximate surface area is 173 Å². The van der Waals surface area contributed by atoms with Crippen molar-refractivity contribution in [2.75, 3.05) is 11.9 Å². The molecule has 6 heteroatoms. The predicted molar refractivity (Wildman–Crippen MR) is 112 cm³/mol. The molecular weight excluding hydrogens is 422 g/mol. The fourth-order valence-corrected chi connectivity index (χ4v) is 2.73. The minimum absolute atomic E-state index is 0.0161. The van der Waals surface area contributed by atoms with Crippen molar-refractivity contribution in [2.24, 2.45) is 0 Å². The predicted octanol–water partition coefficient (Wildman–Crippen LogP) is 4.89. The zero-order valence-corrected chi connectivity index (χ0v) is 17.8. The summed E-state index contributed by atoms with van der Waals surface area (Å²) in [7, 11) is 0. The van der Waals surface area contributed by atoms with Gasteiger partial charge in [-0.1, -0.05) is 61.0 Å². The summed E-state index contributed by atoms with van der Waals surface area (Å²) in [5.41, 5.74) is 2.33. The molecule has 0 heterocycles. The van der Waals surface area contributed by atoms with Crippen LogP contribution in [0.3, 0.4) is 0 Å². The highest BCUT2D eigenvalue weighted by Crippen LogP contribution is 2.22. The number of ketones is 1. The van der Waals surface area contributed by atoms with E-state index < -0.39 is 11.9 Å². The van der Waals surface area contributed by atoms with Crippen LogP contribution in [0.2, 0.25) is 0 Å². The van der Waals surface area contributed by atoms with Gasteiger partial charge in [-0.25, -0.2) is 0 Å². The molecule has 0 spiro atoms. The van der Waals surface area contributed by atoms with Crippen LogP contribution in [0.1, 0.15) is 49.5 Å². The average molecular weight is 446 g/mol. The maximum atomic E-state index is 12.2. The van der Waals surface area contributed by atoms with Gasteiger partial charge in [0.05, 0.1) is 6.42 Å². The Hall–Kier alpha value is -2.47. The molecular formula is C22H24BrNO4. The molecule has 0 saturated carbocycles. The van der Waals surface area contributed by atoms with Crippen molar-refractivity contribution < 1.29 is 19.1 Å². The van der Waals surface area contributed by atoms with E-state index in [0.717, 1.165) is 10.0 Å². The Morgan fingerprint density at radius 3 is 2.11 bits per heavy atom. The van der Waals surface area contributed by atoms with E-state index in [2.05, 4.69) is 42.0 Å². The maximum Gasteiger partial charge on any atom is 0.306 e. The smallest absolute Gasteiger partial charge is 0.306 e. The van der Waals surface area contributed by atoms with Crippen LogP contribution in [0.15, 0.2) is 53.0 Å². The number of hydrogen-bond acceptors (Lipinski definition) is 4. The van der Waals surface area contributed by atoms with Gasteiger partial charge in [0.2, 0.25) is 0 Å². The van der Waals surface area contributed by atoms with E-state index in [0.29, 0.717) is 11.3 Å². The van der Waals surface area contributed by atoms with Crippen molar-refractivity contribution in [1.29, 1.82) is 0 Å².